The lowest BCUT2D eigenvalue weighted by atomic mass is 10.2. The van der Waals surface area contributed by atoms with E-state index in [0.29, 0.717) is 22.8 Å². The largest absolute Gasteiger partial charge is 0.384 e. The summed E-state index contributed by atoms with van der Waals surface area (Å²) >= 11 is 1.29. The van der Waals surface area contributed by atoms with Crippen molar-refractivity contribution in [1.82, 2.24) is 14.1 Å². The standard InChI is InChI=1S/C18H19N5O4S/c1-10(2)8-22-15(19)14(17(24)21(3)18(22)25)13-9-28-16(20-13)11-4-6-12(7-5-11)23(26)27/h4-7,9-10H,8,19H2,1-3H3. The van der Waals surface area contributed by atoms with Crippen LogP contribution in [-0.4, -0.2) is 19.0 Å². The zero-order chi connectivity index (χ0) is 20.6. The molecular weight excluding hydrogens is 382 g/mol. The molecule has 28 heavy (non-hydrogen) atoms. The molecule has 0 aliphatic carbocycles. The van der Waals surface area contributed by atoms with Crippen LogP contribution >= 0.6 is 11.3 Å². The van der Waals surface area contributed by atoms with Crippen LogP contribution in [0.2, 0.25) is 0 Å². The van der Waals surface area contributed by atoms with Crippen molar-refractivity contribution in [3.8, 4) is 21.8 Å². The zero-order valence-corrected chi connectivity index (χ0v) is 16.4. The molecule has 9 nitrogen and oxygen atoms in total. The van der Waals surface area contributed by atoms with Gasteiger partial charge in [-0.3, -0.25) is 24.0 Å². The van der Waals surface area contributed by atoms with Crippen molar-refractivity contribution in [2.24, 2.45) is 13.0 Å². The predicted octanol–water partition coefficient (Wildman–Crippen LogP) is 2.48. The second kappa shape index (κ2) is 7.39. The summed E-state index contributed by atoms with van der Waals surface area (Å²) in [4.78, 5) is 39.9. The minimum Gasteiger partial charge on any atom is -0.384 e. The van der Waals surface area contributed by atoms with E-state index in [2.05, 4.69) is 4.98 Å². The summed E-state index contributed by atoms with van der Waals surface area (Å²) in [5, 5.41) is 13.1. The number of nitrogens with zero attached hydrogens (tertiary/aromatic N) is 4. The number of anilines is 1. The molecule has 3 aromatic rings. The Kier molecular flexibility index (Phi) is 5.14. The first-order valence-corrected chi connectivity index (χ1v) is 9.38. The normalized spacial score (nSPS) is 11.1. The number of hydrogen-bond donors (Lipinski definition) is 1. The molecule has 146 valence electrons. The molecular formula is C18H19N5O4S. The molecule has 0 fully saturated rings. The summed E-state index contributed by atoms with van der Waals surface area (Å²) in [6.07, 6.45) is 0. The van der Waals surface area contributed by atoms with Crippen LogP contribution in [0.3, 0.4) is 0 Å². The van der Waals surface area contributed by atoms with Gasteiger partial charge in [0.1, 0.15) is 16.4 Å². The Morgan fingerprint density at radius 2 is 1.89 bits per heavy atom. The van der Waals surface area contributed by atoms with Crippen molar-refractivity contribution in [1.29, 1.82) is 0 Å². The number of nitro groups is 1. The van der Waals surface area contributed by atoms with Gasteiger partial charge in [-0.2, -0.15) is 0 Å². The van der Waals surface area contributed by atoms with Gasteiger partial charge in [0.15, 0.2) is 0 Å². The molecule has 3 rings (SSSR count). The lowest BCUT2D eigenvalue weighted by Gasteiger charge is -2.15. The van der Waals surface area contributed by atoms with Gasteiger partial charge < -0.3 is 5.73 Å². The number of nitrogens with two attached hydrogens (primary N) is 1. The van der Waals surface area contributed by atoms with Gasteiger partial charge in [0, 0.05) is 36.7 Å². The molecule has 2 N–H and O–H groups in total. The Labute approximate surface area is 163 Å². The third kappa shape index (κ3) is 3.46. The summed E-state index contributed by atoms with van der Waals surface area (Å²) in [6.45, 7) is 4.28. The van der Waals surface area contributed by atoms with Crippen LogP contribution in [-0.2, 0) is 13.6 Å². The highest BCUT2D eigenvalue weighted by atomic mass is 32.1. The molecule has 0 saturated carbocycles. The summed E-state index contributed by atoms with van der Waals surface area (Å²) in [5.74, 6) is 0.249. The first kappa shape index (κ1) is 19.5. The van der Waals surface area contributed by atoms with Crippen LogP contribution in [0, 0.1) is 16.0 Å². The molecule has 0 radical (unpaired) electrons. The quantitative estimate of drug-likeness (QED) is 0.517. The monoisotopic (exact) mass is 401 g/mol. The van der Waals surface area contributed by atoms with Gasteiger partial charge >= 0.3 is 5.69 Å². The van der Waals surface area contributed by atoms with Crippen LogP contribution < -0.4 is 17.0 Å². The Morgan fingerprint density at radius 3 is 2.46 bits per heavy atom. The maximum atomic E-state index is 12.7. The van der Waals surface area contributed by atoms with Gasteiger partial charge in [-0.25, -0.2) is 9.78 Å². The maximum absolute atomic E-state index is 12.7. The lowest BCUT2D eigenvalue weighted by Crippen LogP contribution is -2.41. The molecule has 0 bridgehead atoms. The number of aromatic nitrogens is 3. The van der Waals surface area contributed by atoms with Crippen LogP contribution in [0.25, 0.3) is 21.8 Å². The summed E-state index contributed by atoms with van der Waals surface area (Å²) in [6, 6.07) is 5.99. The molecule has 10 heteroatoms. The highest BCUT2D eigenvalue weighted by Gasteiger charge is 2.20. The van der Waals surface area contributed by atoms with Crippen LogP contribution in [0.1, 0.15) is 13.8 Å². The van der Waals surface area contributed by atoms with E-state index >= 15 is 0 Å². The molecule has 0 aliphatic heterocycles. The van der Waals surface area contributed by atoms with Crippen molar-refractivity contribution >= 4 is 22.8 Å². The molecule has 2 aromatic heterocycles. The fraction of sp³-hybridized carbons (Fsp3) is 0.278. The van der Waals surface area contributed by atoms with Gasteiger partial charge in [0.25, 0.3) is 11.2 Å². The number of rotatable bonds is 5. The molecule has 0 unspecified atom stereocenters. The van der Waals surface area contributed by atoms with Crippen LogP contribution in [0.4, 0.5) is 11.5 Å². The third-order valence-electron chi connectivity index (χ3n) is 4.22. The van der Waals surface area contributed by atoms with Crippen LogP contribution in [0.15, 0.2) is 39.2 Å². The number of hydrogen-bond acceptors (Lipinski definition) is 7. The SMILES string of the molecule is CC(C)Cn1c(N)c(-c2csc(-c3ccc([N+](=O)[O-])cc3)n2)c(=O)n(C)c1=O. The second-order valence-electron chi connectivity index (χ2n) is 6.75. The zero-order valence-electron chi connectivity index (χ0n) is 15.6. The molecule has 1 aromatic carbocycles. The van der Waals surface area contributed by atoms with E-state index in [-0.39, 0.29) is 23.0 Å². The molecule has 2 heterocycles. The summed E-state index contributed by atoms with van der Waals surface area (Å²) < 4.78 is 2.41. The third-order valence-corrected chi connectivity index (χ3v) is 5.11. The first-order chi connectivity index (χ1) is 13.2. The van der Waals surface area contributed by atoms with Gasteiger partial charge in [-0.05, 0) is 18.1 Å². The fourth-order valence-electron chi connectivity index (χ4n) is 2.81. The predicted molar refractivity (Wildman–Crippen MR) is 108 cm³/mol. The Balaban J connectivity index is 2.10. The van der Waals surface area contributed by atoms with E-state index in [0.717, 1.165) is 4.57 Å². The topological polar surface area (TPSA) is 126 Å². The fourth-order valence-corrected chi connectivity index (χ4v) is 3.63. The minimum atomic E-state index is -0.511. The number of nitro benzene ring substituents is 1. The van der Waals surface area contributed by atoms with Gasteiger partial charge in [-0.1, -0.05) is 13.8 Å². The lowest BCUT2D eigenvalue weighted by molar-refractivity contribution is -0.384. The molecule has 0 aliphatic rings. The molecule has 0 saturated heterocycles. The average Bonchev–Trinajstić information content (AvgIpc) is 3.13. The van der Waals surface area contributed by atoms with Crippen molar-refractivity contribution in [3.05, 3.63) is 60.6 Å². The average molecular weight is 401 g/mol. The van der Waals surface area contributed by atoms with E-state index in [4.69, 9.17) is 5.73 Å². The van der Waals surface area contributed by atoms with E-state index in [9.17, 15) is 19.7 Å². The molecule has 0 atom stereocenters. The van der Waals surface area contributed by atoms with Crippen LogP contribution in [0.5, 0.6) is 0 Å². The van der Waals surface area contributed by atoms with Gasteiger partial charge in [0.05, 0.1) is 10.6 Å². The van der Waals surface area contributed by atoms with Gasteiger partial charge in [-0.15, -0.1) is 11.3 Å². The number of nitrogen functional groups attached to an aromatic ring is 1. The Morgan fingerprint density at radius 1 is 1.25 bits per heavy atom. The molecule has 0 spiro atoms. The number of benzene rings is 1. The Bertz CT molecular complexity index is 1160. The van der Waals surface area contributed by atoms with Crippen molar-refractivity contribution < 1.29 is 4.92 Å². The Hall–Kier alpha value is -3.27. The van der Waals surface area contributed by atoms with E-state index in [1.54, 1.807) is 17.5 Å². The van der Waals surface area contributed by atoms with Crippen molar-refractivity contribution in [2.45, 2.75) is 20.4 Å². The van der Waals surface area contributed by atoms with E-state index < -0.39 is 16.2 Å². The first-order valence-electron chi connectivity index (χ1n) is 8.50. The van der Waals surface area contributed by atoms with Gasteiger partial charge in [0.2, 0.25) is 0 Å². The highest BCUT2D eigenvalue weighted by molar-refractivity contribution is 7.13. The highest BCUT2D eigenvalue weighted by Crippen LogP contribution is 2.30. The molecule has 0 amide bonds. The smallest absolute Gasteiger partial charge is 0.332 e. The van der Waals surface area contributed by atoms with Crippen molar-refractivity contribution in [2.75, 3.05) is 5.73 Å². The summed E-state index contributed by atoms with van der Waals surface area (Å²) in [7, 11) is 1.41. The van der Waals surface area contributed by atoms with E-state index in [1.165, 1.54) is 35.1 Å². The van der Waals surface area contributed by atoms with E-state index in [1.807, 2.05) is 13.8 Å². The van der Waals surface area contributed by atoms with Crippen molar-refractivity contribution in [3.63, 3.8) is 0 Å². The second-order valence-corrected chi connectivity index (χ2v) is 7.61. The maximum Gasteiger partial charge on any atom is 0.332 e. The number of non-ortho nitro benzene ring substituents is 1. The number of thiazole rings is 1. The minimum absolute atomic E-state index is 0.0144. The summed E-state index contributed by atoms with van der Waals surface area (Å²) in [5.41, 5.74) is 6.41.